The van der Waals surface area contributed by atoms with E-state index in [9.17, 15) is 19.5 Å². The van der Waals surface area contributed by atoms with Gasteiger partial charge in [-0.25, -0.2) is 0 Å². The largest absolute Gasteiger partial charge is 0.394 e. The molecule has 0 aromatic rings. The van der Waals surface area contributed by atoms with Crippen LogP contribution in [0.15, 0.2) is 0 Å². The van der Waals surface area contributed by atoms with Crippen molar-refractivity contribution < 1.29 is 24.2 Å². The minimum absolute atomic E-state index is 0.0613. The van der Waals surface area contributed by atoms with Crippen molar-refractivity contribution in [3.63, 3.8) is 0 Å². The summed E-state index contributed by atoms with van der Waals surface area (Å²) in [5.74, 6) is -2.13. The Bertz CT molecular complexity index is 763. The van der Waals surface area contributed by atoms with Crippen LogP contribution in [0.3, 0.4) is 0 Å². The van der Waals surface area contributed by atoms with Crippen LogP contribution < -0.4 is 10.6 Å². The fourth-order valence-electron chi connectivity index (χ4n) is 6.13. The van der Waals surface area contributed by atoms with Crippen LogP contribution in [-0.4, -0.2) is 69.7 Å². The predicted octanol–water partition coefficient (Wildman–Crippen LogP) is 1.60. The SMILES string of the molecule is CCCNC(=O)[C@H]1[C@H]2C(=O)N([C@@H](CO)C(C)C)C(C(=O)NC(C)(C)C)C23CC[C@]1(CC)O3. The highest BCUT2D eigenvalue weighted by Gasteiger charge is 2.79. The highest BCUT2D eigenvalue weighted by atomic mass is 16.5. The number of aliphatic hydroxyl groups is 1. The predicted molar refractivity (Wildman–Crippen MR) is 121 cm³/mol. The zero-order chi connectivity index (χ0) is 24.1. The van der Waals surface area contributed by atoms with Crippen LogP contribution in [0.25, 0.3) is 0 Å². The van der Waals surface area contributed by atoms with Gasteiger partial charge in [-0.3, -0.25) is 14.4 Å². The van der Waals surface area contributed by atoms with E-state index < -0.39 is 40.7 Å². The first-order chi connectivity index (χ1) is 14.9. The van der Waals surface area contributed by atoms with Crippen molar-refractivity contribution in [3.05, 3.63) is 0 Å². The Balaban J connectivity index is 2.12. The third kappa shape index (κ3) is 3.73. The number of amides is 3. The van der Waals surface area contributed by atoms with E-state index in [1.54, 1.807) is 4.90 Å². The number of carbonyl (C=O) groups excluding carboxylic acids is 3. The van der Waals surface area contributed by atoms with Crippen LogP contribution in [0.4, 0.5) is 0 Å². The first kappa shape index (κ1) is 25.0. The molecule has 3 heterocycles. The summed E-state index contributed by atoms with van der Waals surface area (Å²) in [6, 6.07) is -1.41. The van der Waals surface area contributed by atoms with Crippen molar-refractivity contribution in [3.8, 4) is 0 Å². The van der Waals surface area contributed by atoms with Crippen molar-refractivity contribution >= 4 is 17.7 Å². The number of hydrogen-bond acceptors (Lipinski definition) is 5. The number of carbonyl (C=O) groups is 3. The minimum atomic E-state index is -1.06. The Morgan fingerprint density at radius 3 is 2.38 bits per heavy atom. The van der Waals surface area contributed by atoms with Crippen LogP contribution in [0.5, 0.6) is 0 Å². The van der Waals surface area contributed by atoms with Gasteiger partial charge in [0.1, 0.15) is 11.6 Å². The molecule has 3 N–H and O–H groups in total. The molecule has 32 heavy (non-hydrogen) atoms. The van der Waals surface area contributed by atoms with Crippen molar-refractivity contribution in [1.82, 2.24) is 15.5 Å². The highest BCUT2D eigenvalue weighted by Crippen LogP contribution is 2.64. The summed E-state index contributed by atoms with van der Waals surface area (Å²) in [6.07, 6.45) is 2.58. The second-order valence-electron chi connectivity index (χ2n) is 11.1. The molecule has 1 spiro atoms. The van der Waals surface area contributed by atoms with Gasteiger partial charge in [-0.2, -0.15) is 0 Å². The normalized spacial score (nSPS) is 34.7. The Kier molecular flexibility index (Phi) is 6.71. The van der Waals surface area contributed by atoms with Gasteiger partial charge in [-0.15, -0.1) is 0 Å². The van der Waals surface area contributed by atoms with Gasteiger partial charge in [0.05, 0.1) is 30.1 Å². The Morgan fingerprint density at radius 1 is 1.22 bits per heavy atom. The molecule has 2 unspecified atom stereocenters. The molecule has 3 aliphatic rings. The first-order valence-electron chi connectivity index (χ1n) is 12.1. The van der Waals surface area contributed by atoms with E-state index in [1.165, 1.54) is 0 Å². The van der Waals surface area contributed by atoms with E-state index in [1.807, 2.05) is 48.5 Å². The van der Waals surface area contributed by atoms with Crippen LogP contribution in [-0.2, 0) is 19.1 Å². The van der Waals surface area contributed by atoms with Gasteiger partial charge in [0.15, 0.2) is 0 Å². The standard InChI is InChI=1S/C24H41N3O5/c1-8-12-25-19(29)16-17-21(31)27(15(13-28)14(3)4)18(20(30)26-22(5,6)7)24(17)11-10-23(16,9-2)32-24/h14-18,28H,8-13H2,1-7H3,(H,25,29)(H,26,30)/t15-,16+,17-,18?,23-,24?/m0/s1. The molecule has 3 rings (SSSR count). The quantitative estimate of drug-likeness (QED) is 0.520. The minimum Gasteiger partial charge on any atom is -0.394 e. The zero-order valence-corrected chi connectivity index (χ0v) is 20.7. The molecule has 0 aliphatic carbocycles. The number of ether oxygens (including phenoxy) is 1. The monoisotopic (exact) mass is 451 g/mol. The molecular formula is C24H41N3O5. The number of hydrogen-bond donors (Lipinski definition) is 3. The van der Waals surface area contributed by atoms with E-state index in [0.717, 1.165) is 6.42 Å². The summed E-state index contributed by atoms with van der Waals surface area (Å²) in [5.41, 5.74) is -2.29. The van der Waals surface area contributed by atoms with Gasteiger partial charge in [0, 0.05) is 12.1 Å². The van der Waals surface area contributed by atoms with Crippen molar-refractivity contribution in [2.75, 3.05) is 13.2 Å². The molecule has 8 nitrogen and oxygen atoms in total. The van der Waals surface area contributed by atoms with Gasteiger partial charge < -0.3 is 25.4 Å². The van der Waals surface area contributed by atoms with Gasteiger partial charge in [-0.05, 0) is 52.4 Å². The summed E-state index contributed by atoms with van der Waals surface area (Å²) in [4.78, 5) is 42.5. The summed E-state index contributed by atoms with van der Waals surface area (Å²) in [5, 5.41) is 16.2. The topological polar surface area (TPSA) is 108 Å². The summed E-state index contributed by atoms with van der Waals surface area (Å²) in [7, 11) is 0. The number of nitrogens with one attached hydrogen (secondary N) is 2. The number of likely N-dealkylation sites (tertiary alicyclic amines) is 1. The summed E-state index contributed by atoms with van der Waals surface area (Å²) >= 11 is 0. The fourth-order valence-corrected chi connectivity index (χ4v) is 6.13. The highest BCUT2D eigenvalue weighted by molar-refractivity contribution is 5.99. The van der Waals surface area contributed by atoms with E-state index in [0.29, 0.717) is 25.8 Å². The molecule has 182 valence electrons. The molecule has 2 bridgehead atoms. The van der Waals surface area contributed by atoms with Gasteiger partial charge in [0.25, 0.3) is 0 Å². The van der Waals surface area contributed by atoms with E-state index in [2.05, 4.69) is 10.6 Å². The lowest BCUT2D eigenvalue weighted by Gasteiger charge is -2.39. The smallest absolute Gasteiger partial charge is 0.246 e. The maximum atomic E-state index is 14.0. The average Bonchev–Trinajstić information content (AvgIpc) is 3.29. The zero-order valence-electron chi connectivity index (χ0n) is 20.7. The Morgan fingerprint density at radius 2 is 1.88 bits per heavy atom. The first-order valence-corrected chi connectivity index (χ1v) is 12.1. The van der Waals surface area contributed by atoms with E-state index in [-0.39, 0.29) is 30.2 Å². The summed E-state index contributed by atoms with van der Waals surface area (Å²) < 4.78 is 6.69. The molecule has 3 fully saturated rings. The molecule has 0 saturated carbocycles. The number of rotatable bonds is 8. The third-order valence-electron chi connectivity index (χ3n) is 7.51. The van der Waals surface area contributed by atoms with Crippen LogP contribution in [0, 0.1) is 17.8 Å². The lowest BCUT2D eigenvalue weighted by Crippen LogP contribution is -2.61. The molecule has 3 amide bonds. The summed E-state index contributed by atoms with van der Waals surface area (Å²) in [6.45, 7) is 13.8. The molecule has 6 atom stereocenters. The van der Waals surface area contributed by atoms with E-state index in [4.69, 9.17) is 4.74 Å². The van der Waals surface area contributed by atoms with Crippen LogP contribution in [0.2, 0.25) is 0 Å². The Hall–Kier alpha value is -1.67. The number of fused-ring (bicyclic) bond motifs is 1. The van der Waals surface area contributed by atoms with Gasteiger partial charge in [0.2, 0.25) is 17.7 Å². The third-order valence-corrected chi connectivity index (χ3v) is 7.51. The van der Waals surface area contributed by atoms with Crippen molar-refractivity contribution in [2.45, 2.75) is 103 Å². The fraction of sp³-hybridized carbons (Fsp3) is 0.875. The van der Waals surface area contributed by atoms with Crippen LogP contribution in [0.1, 0.15) is 74.1 Å². The number of aliphatic hydroxyl groups excluding tert-OH is 1. The van der Waals surface area contributed by atoms with Crippen LogP contribution >= 0.6 is 0 Å². The van der Waals surface area contributed by atoms with Gasteiger partial charge in [-0.1, -0.05) is 27.7 Å². The van der Waals surface area contributed by atoms with Crippen molar-refractivity contribution in [1.29, 1.82) is 0 Å². The average molecular weight is 452 g/mol. The molecule has 0 aromatic heterocycles. The molecule has 8 heteroatoms. The second-order valence-corrected chi connectivity index (χ2v) is 11.1. The molecular weight excluding hydrogens is 410 g/mol. The van der Waals surface area contributed by atoms with Gasteiger partial charge >= 0.3 is 0 Å². The molecule has 3 aliphatic heterocycles. The molecule has 0 aromatic carbocycles. The maximum absolute atomic E-state index is 14.0. The maximum Gasteiger partial charge on any atom is 0.246 e. The Labute approximate surface area is 191 Å². The van der Waals surface area contributed by atoms with Crippen molar-refractivity contribution in [2.24, 2.45) is 17.8 Å². The lowest BCUT2D eigenvalue weighted by molar-refractivity contribution is -0.152. The second kappa shape index (κ2) is 8.60. The molecule has 0 radical (unpaired) electrons. The number of nitrogens with zero attached hydrogens (tertiary/aromatic N) is 1. The van der Waals surface area contributed by atoms with E-state index >= 15 is 0 Å². The molecule has 3 saturated heterocycles. The lowest BCUT2D eigenvalue weighted by atomic mass is 9.65.